The quantitative estimate of drug-likeness (QED) is 0.488. The summed E-state index contributed by atoms with van der Waals surface area (Å²) in [6.07, 6.45) is 1.08. The van der Waals surface area contributed by atoms with Crippen LogP contribution in [0, 0.1) is 0 Å². The predicted octanol–water partition coefficient (Wildman–Crippen LogP) is 5.59. The second kappa shape index (κ2) is 8.45. The minimum absolute atomic E-state index is 0.724. The van der Waals surface area contributed by atoms with E-state index in [9.17, 15) is 0 Å². The van der Waals surface area contributed by atoms with Crippen molar-refractivity contribution in [1.29, 1.82) is 0 Å². The number of thioether (sulfide) groups is 1. The molecule has 0 unspecified atom stereocenters. The molecular formula is C19H21Cl2N3S. The zero-order valence-corrected chi connectivity index (χ0v) is 16.7. The van der Waals surface area contributed by atoms with Gasteiger partial charge in [0.1, 0.15) is 5.82 Å². The highest BCUT2D eigenvalue weighted by Crippen LogP contribution is 2.27. The summed E-state index contributed by atoms with van der Waals surface area (Å²) in [4.78, 5) is 8.22. The van der Waals surface area contributed by atoms with E-state index in [1.54, 1.807) is 11.8 Å². The number of imidazole rings is 1. The first-order valence-electron chi connectivity index (χ1n) is 8.21. The van der Waals surface area contributed by atoms with E-state index in [1.165, 1.54) is 4.90 Å². The summed E-state index contributed by atoms with van der Waals surface area (Å²) in [6.45, 7) is 2.00. The molecule has 3 nitrogen and oxygen atoms in total. The monoisotopic (exact) mass is 393 g/mol. The Morgan fingerprint density at radius 2 is 1.76 bits per heavy atom. The molecular weight excluding hydrogens is 373 g/mol. The summed E-state index contributed by atoms with van der Waals surface area (Å²) in [5, 5.41) is 1.48. The smallest absolute Gasteiger partial charge is 0.120 e. The molecule has 132 valence electrons. The lowest BCUT2D eigenvalue weighted by atomic mass is 10.3. The SMILES string of the molecule is CN(C)CCCn1c(CSc2ccc(Cl)cc2)nc2cc(Cl)ccc21. The fourth-order valence-electron chi connectivity index (χ4n) is 2.74. The highest BCUT2D eigenvalue weighted by atomic mass is 35.5. The van der Waals surface area contributed by atoms with Gasteiger partial charge in [-0.15, -0.1) is 11.8 Å². The predicted molar refractivity (Wildman–Crippen MR) is 109 cm³/mol. The van der Waals surface area contributed by atoms with Crippen molar-refractivity contribution in [3.05, 3.63) is 58.3 Å². The molecule has 0 atom stereocenters. The Morgan fingerprint density at radius 1 is 1.04 bits per heavy atom. The van der Waals surface area contributed by atoms with Gasteiger partial charge in [0.2, 0.25) is 0 Å². The van der Waals surface area contributed by atoms with Crippen molar-refractivity contribution >= 4 is 46.0 Å². The third kappa shape index (κ3) is 4.91. The van der Waals surface area contributed by atoms with Gasteiger partial charge in [0, 0.05) is 21.5 Å². The number of aromatic nitrogens is 2. The summed E-state index contributed by atoms with van der Waals surface area (Å²) >= 11 is 13.9. The van der Waals surface area contributed by atoms with E-state index >= 15 is 0 Å². The normalized spacial score (nSPS) is 11.6. The molecule has 0 aliphatic carbocycles. The zero-order valence-electron chi connectivity index (χ0n) is 14.4. The lowest BCUT2D eigenvalue weighted by Crippen LogP contribution is -2.15. The number of fused-ring (bicyclic) bond motifs is 1. The number of nitrogens with zero attached hydrogens (tertiary/aromatic N) is 3. The molecule has 0 spiro atoms. The Bertz CT molecular complexity index is 844. The summed E-state index contributed by atoms with van der Waals surface area (Å²) in [5.41, 5.74) is 2.11. The second-order valence-electron chi connectivity index (χ2n) is 6.21. The molecule has 0 amide bonds. The first-order valence-corrected chi connectivity index (χ1v) is 9.95. The van der Waals surface area contributed by atoms with E-state index in [-0.39, 0.29) is 0 Å². The number of hydrogen-bond acceptors (Lipinski definition) is 3. The van der Waals surface area contributed by atoms with Crippen molar-refractivity contribution in [1.82, 2.24) is 14.5 Å². The molecule has 3 aromatic rings. The minimum atomic E-state index is 0.724. The largest absolute Gasteiger partial charge is 0.327 e. The summed E-state index contributed by atoms with van der Waals surface area (Å²) in [6, 6.07) is 13.9. The standard InChI is InChI=1S/C19H21Cl2N3S/c1-23(2)10-3-11-24-18-9-6-15(21)12-17(18)22-19(24)13-25-16-7-4-14(20)5-8-16/h4-9,12H,3,10-11,13H2,1-2H3. The number of halogens is 2. The summed E-state index contributed by atoms with van der Waals surface area (Å²) in [5.74, 6) is 1.89. The maximum Gasteiger partial charge on any atom is 0.120 e. The first kappa shape index (κ1) is 18.6. The second-order valence-corrected chi connectivity index (χ2v) is 8.13. The molecule has 0 aliphatic rings. The third-order valence-corrected chi connectivity index (χ3v) is 5.45. The van der Waals surface area contributed by atoms with Crippen molar-refractivity contribution in [2.45, 2.75) is 23.6 Å². The lowest BCUT2D eigenvalue weighted by Gasteiger charge is -2.12. The number of aryl methyl sites for hydroxylation is 1. The van der Waals surface area contributed by atoms with Crippen LogP contribution in [0.1, 0.15) is 12.2 Å². The van der Waals surface area contributed by atoms with Crippen LogP contribution in [-0.2, 0) is 12.3 Å². The minimum Gasteiger partial charge on any atom is -0.327 e. The molecule has 1 heterocycles. The van der Waals surface area contributed by atoms with Gasteiger partial charge in [-0.1, -0.05) is 23.2 Å². The van der Waals surface area contributed by atoms with Crippen molar-refractivity contribution in [3.8, 4) is 0 Å². The van der Waals surface area contributed by atoms with Gasteiger partial charge in [-0.3, -0.25) is 0 Å². The molecule has 25 heavy (non-hydrogen) atoms. The molecule has 6 heteroatoms. The van der Waals surface area contributed by atoms with Crippen LogP contribution in [0.2, 0.25) is 10.0 Å². The van der Waals surface area contributed by atoms with Crippen molar-refractivity contribution in [2.24, 2.45) is 0 Å². The highest BCUT2D eigenvalue weighted by molar-refractivity contribution is 7.98. The molecule has 0 saturated carbocycles. The van der Waals surface area contributed by atoms with E-state index in [4.69, 9.17) is 28.2 Å². The average molecular weight is 394 g/mol. The van der Waals surface area contributed by atoms with E-state index in [1.807, 2.05) is 36.4 Å². The number of benzene rings is 2. The van der Waals surface area contributed by atoms with Crippen molar-refractivity contribution < 1.29 is 0 Å². The zero-order chi connectivity index (χ0) is 17.8. The Labute approximate surface area is 162 Å². The van der Waals surface area contributed by atoms with Gasteiger partial charge in [-0.25, -0.2) is 4.98 Å². The summed E-state index contributed by atoms with van der Waals surface area (Å²) in [7, 11) is 4.20. The first-order chi connectivity index (χ1) is 12.0. The van der Waals surface area contributed by atoms with Gasteiger partial charge in [0.25, 0.3) is 0 Å². The molecule has 0 saturated heterocycles. The van der Waals surface area contributed by atoms with Crippen LogP contribution in [-0.4, -0.2) is 35.1 Å². The van der Waals surface area contributed by atoms with Crippen LogP contribution in [0.4, 0.5) is 0 Å². The maximum atomic E-state index is 6.14. The third-order valence-electron chi connectivity index (χ3n) is 3.96. The molecule has 0 radical (unpaired) electrons. The van der Waals surface area contributed by atoms with Crippen LogP contribution in [0.5, 0.6) is 0 Å². The van der Waals surface area contributed by atoms with Crippen LogP contribution < -0.4 is 0 Å². The molecule has 0 N–H and O–H groups in total. The Balaban J connectivity index is 1.82. The van der Waals surface area contributed by atoms with Crippen molar-refractivity contribution in [2.75, 3.05) is 20.6 Å². The molecule has 0 bridgehead atoms. The molecule has 0 fully saturated rings. The Hall–Kier alpha value is -1.20. The van der Waals surface area contributed by atoms with E-state index in [0.29, 0.717) is 0 Å². The fraction of sp³-hybridized carbons (Fsp3) is 0.316. The van der Waals surface area contributed by atoms with E-state index < -0.39 is 0 Å². The molecule has 0 aliphatic heterocycles. The van der Waals surface area contributed by atoms with Crippen LogP contribution in [0.25, 0.3) is 11.0 Å². The Kier molecular flexibility index (Phi) is 6.29. The average Bonchev–Trinajstić information content (AvgIpc) is 2.91. The maximum absolute atomic E-state index is 6.14. The van der Waals surface area contributed by atoms with Gasteiger partial charge < -0.3 is 9.47 Å². The van der Waals surface area contributed by atoms with Gasteiger partial charge in [-0.2, -0.15) is 0 Å². The van der Waals surface area contributed by atoms with Gasteiger partial charge in [0.05, 0.1) is 16.8 Å². The molecule has 3 rings (SSSR count). The van der Waals surface area contributed by atoms with Crippen LogP contribution in [0.3, 0.4) is 0 Å². The number of hydrogen-bond donors (Lipinski definition) is 0. The van der Waals surface area contributed by atoms with Gasteiger partial charge in [0.15, 0.2) is 0 Å². The highest BCUT2D eigenvalue weighted by Gasteiger charge is 2.12. The van der Waals surface area contributed by atoms with Gasteiger partial charge in [-0.05, 0) is 69.5 Å². The molecule has 1 aromatic heterocycles. The Morgan fingerprint density at radius 3 is 2.48 bits per heavy atom. The van der Waals surface area contributed by atoms with Crippen molar-refractivity contribution in [3.63, 3.8) is 0 Å². The topological polar surface area (TPSA) is 21.1 Å². The molecule has 2 aromatic carbocycles. The number of rotatable bonds is 7. The van der Waals surface area contributed by atoms with Gasteiger partial charge >= 0.3 is 0 Å². The van der Waals surface area contributed by atoms with E-state index in [0.717, 1.165) is 52.2 Å². The summed E-state index contributed by atoms with van der Waals surface area (Å²) < 4.78 is 2.32. The fourth-order valence-corrected chi connectivity index (χ4v) is 3.87. The lowest BCUT2D eigenvalue weighted by molar-refractivity contribution is 0.386. The van der Waals surface area contributed by atoms with Crippen LogP contribution >= 0.6 is 35.0 Å². The van der Waals surface area contributed by atoms with E-state index in [2.05, 4.69) is 29.6 Å². The van der Waals surface area contributed by atoms with Crippen LogP contribution in [0.15, 0.2) is 47.4 Å².